The van der Waals surface area contributed by atoms with Crippen LogP contribution in [0.15, 0.2) is 40.2 Å². The summed E-state index contributed by atoms with van der Waals surface area (Å²) in [4.78, 5) is 24.6. The monoisotopic (exact) mass is 559 g/mol. The number of carbonyl (C=O) groups is 1. The van der Waals surface area contributed by atoms with Crippen molar-refractivity contribution in [3.8, 4) is 0 Å². The lowest BCUT2D eigenvalue weighted by molar-refractivity contribution is -0.127. The average molecular weight is 560 g/mol. The van der Waals surface area contributed by atoms with Gasteiger partial charge in [0.25, 0.3) is 0 Å². The molecule has 0 spiro atoms. The Labute approximate surface area is 209 Å². The number of hydrogen-bond acceptors (Lipinski definition) is 4. The summed E-state index contributed by atoms with van der Waals surface area (Å²) in [6.07, 6.45) is 5.28. The standard InChI is InChI=1S/C23H37N5OS.HI/c1-26(2)22(29)17-25-23(24-12-16-30-21-9-5-3-6-10-21)28-15-11-20(19-28)18-27-13-7-4-8-14-27;/h3,5-6,9-10,20H,4,7-8,11-19H2,1-2H3,(H,24,25);1H. The summed E-state index contributed by atoms with van der Waals surface area (Å²) >= 11 is 1.84. The Morgan fingerprint density at radius 2 is 1.90 bits per heavy atom. The van der Waals surface area contributed by atoms with E-state index in [4.69, 9.17) is 0 Å². The molecule has 1 N–H and O–H groups in total. The van der Waals surface area contributed by atoms with Gasteiger partial charge in [-0.1, -0.05) is 24.6 Å². The van der Waals surface area contributed by atoms with Gasteiger partial charge in [0, 0.05) is 50.9 Å². The van der Waals surface area contributed by atoms with Gasteiger partial charge in [-0.25, -0.2) is 4.99 Å². The minimum atomic E-state index is 0. The van der Waals surface area contributed by atoms with Gasteiger partial charge in [-0.05, 0) is 50.4 Å². The summed E-state index contributed by atoms with van der Waals surface area (Å²) in [5.74, 6) is 2.59. The highest BCUT2D eigenvalue weighted by Crippen LogP contribution is 2.20. The molecule has 1 aromatic rings. The fourth-order valence-electron chi connectivity index (χ4n) is 4.08. The molecule has 2 saturated heterocycles. The number of benzene rings is 1. The summed E-state index contributed by atoms with van der Waals surface area (Å²) in [5, 5.41) is 3.52. The number of carbonyl (C=O) groups excluding carboxylic acids is 1. The number of nitrogens with zero attached hydrogens (tertiary/aromatic N) is 4. The molecule has 174 valence electrons. The lowest BCUT2D eigenvalue weighted by Crippen LogP contribution is -2.42. The van der Waals surface area contributed by atoms with Crippen LogP contribution in [-0.4, -0.2) is 92.2 Å². The zero-order chi connectivity index (χ0) is 21.2. The molecule has 0 aromatic heterocycles. The van der Waals surface area contributed by atoms with E-state index in [0.29, 0.717) is 5.92 Å². The van der Waals surface area contributed by atoms with E-state index in [0.717, 1.165) is 31.3 Å². The van der Waals surface area contributed by atoms with Crippen molar-refractivity contribution >= 4 is 47.6 Å². The molecule has 0 bridgehead atoms. The van der Waals surface area contributed by atoms with Gasteiger partial charge in [-0.3, -0.25) is 4.79 Å². The largest absolute Gasteiger partial charge is 0.355 e. The predicted molar refractivity (Wildman–Crippen MR) is 142 cm³/mol. The minimum absolute atomic E-state index is 0. The van der Waals surface area contributed by atoms with Gasteiger partial charge in [0.15, 0.2) is 5.96 Å². The van der Waals surface area contributed by atoms with Crippen LogP contribution >= 0.6 is 35.7 Å². The van der Waals surface area contributed by atoms with E-state index in [9.17, 15) is 4.79 Å². The van der Waals surface area contributed by atoms with Crippen LogP contribution in [0.5, 0.6) is 0 Å². The van der Waals surface area contributed by atoms with Crippen LogP contribution < -0.4 is 5.32 Å². The van der Waals surface area contributed by atoms with Crippen molar-refractivity contribution in [1.29, 1.82) is 0 Å². The second-order valence-corrected chi connectivity index (χ2v) is 9.65. The molecule has 1 atom stereocenters. The molecule has 31 heavy (non-hydrogen) atoms. The third kappa shape index (κ3) is 9.18. The molecule has 1 aromatic carbocycles. The molecule has 1 unspecified atom stereocenters. The molecule has 0 saturated carbocycles. The highest BCUT2D eigenvalue weighted by molar-refractivity contribution is 14.0. The molecule has 2 aliphatic heterocycles. The molecule has 2 fully saturated rings. The second-order valence-electron chi connectivity index (χ2n) is 8.48. The number of piperidine rings is 1. The third-order valence-corrected chi connectivity index (χ3v) is 6.82. The minimum Gasteiger partial charge on any atom is -0.355 e. The van der Waals surface area contributed by atoms with Crippen LogP contribution in [-0.2, 0) is 4.79 Å². The summed E-state index contributed by atoms with van der Waals surface area (Å²) in [5.41, 5.74) is 0. The van der Waals surface area contributed by atoms with Crippen LogP contribution in [0.2, 0.25) is 0 Å². The summed E-state index contributed by atoms with van der Waals surface area (Å²) in [7, 11) is 3.57. The smallest absolute Gasteiger partial charge is 0.243 e. The van der Waals surface area contributed by atoms with E-state index < -0.39 is 0 Å². The first-order valence-corrected chi connectivity index (χ1v) is 12.2. The van der Waals surface area contributed by atoms with Gasteiger partial charge in [0.05, 0.1) is 0 Å². The maximum absolute atomic E-state index is 12.1. The fourth-order valence-corrected chi connectivity index (χ4v) is 4.87. The normalized spacial score (nSPS) is 19.7. The molecule has 0 radical (unpaired) electrons. The van der Waals surface area contributed by atoms with Gasteiger partial charge in [-0.15, -0.1) is 35.7 Å². The number of aliphatic imine (C=N–C) groups is 1. The quantitative estimate of drug-likeness (QED) is 0.174. The molecule has 2 aliphatic rings. The first kappa shape index (κ1) is 26.3. The van der Waals surface area contributed by atoms with E-state index in [1.54, 1.807) is 19.0 Å². The fraction of sp³-hybridized carbons (Fsp3) is 0.652. The molecular formula is C23H38IN5OS. The number of nitrogens with one attached hydrogen (secondary N) is 1. The number of likely N-dealkylation sites (N-methyl/N-ethyl adjacent to an activating group) is 1. The molecular weight excluding hydrogens is 521 g/mol. The average Bonchev–Trinajstić information content (AvgIpc) is 3.22. The maximum atomic E-state index is 12.1. The van der Waals surface area contributed by atoms with E-state index in [1.807, 2.05) is 17.8 Å². The Hall–Kier alpha value is -1.000. The van der Waals surface area contributed by atoms with Gasteiger partial charge in [0.1, 0.15) is 6.54 Å². The number of thioether (sulfide) groups is 1. The molecule has 0 aliphatic carbocycles. The van der Waals surface area contributed by atoms with Crippen LogP contribution in [0.4, 0.5) is 0 Å². The first-order valence-electron chi connectivity index (χ1n) is 11.3. The van der Waals surface area contributed by atoms with Crippen molar-refractivity contribution in [2.45, 2.75) is 30.6 Å². The van der Waals surface area contributed by atoms with Gasteiger partial charge in [0.2, 0.25) is 5.91 Å². The summed E-state index contributed by atoms with van der Waals surface area (Å²) in [6, 6.07) is 10.5. The van der Waals surface area contributed by atoms with E-state index in [1.165, 1.54) is 50.2 Å². The van der Waals surface area contributed by atoms with Crippen molar-refractivity contribution in [2.24, 2.45) is 10.9 Å². The Balaban J connectivity index is 0.00000341. The Morgan fingerprint density at radius 3 is 2.61 bits per heavy atom. The topological polar surface area (TPSA) is 51.2 Å². The Kier molecular flexibility index (Phi) is 12.0. The lowest BCUT2D eigenvalue weighted by Gasteiger charge is -2.29. The second kappa shape index (κ2) is 14.2. The molecule has 8 heteroatoms. The van der Waals surface area contributed by atoms with Crippen molar-refractivity contribution in [3.05, 3.63) is 30.3 Å². The number of guanidine groups is 1. The number of halogens is 1. The highest BCUT2D eigenvalue weighted by atomic mass is 127. The van der Waals surface area contributed by atoms with Gasteiger partial charge < -0.3 is 20.0 Å². The number of hydrogen-bond donors (Lipinski definition) is 1. The Bertz CT molecular complexity index is 682. The van der Waals surface area contributed by atoms with Gasteiger partial charge in [-0.2, -0.15) is 0 Å². The zero-order valence-electron chi connectivity index (χ0n) is 19.0. The lowest BCUT2D eigenvalue weighted by atomic mass is 10.1. The maximum Gasteiger partial charge on any atom is 0.243 e. The summed E-state index contributed by atoms with van der Waals surface area (Å²) in [6.45, 7) is 6.80. The van der Waals surface area contributed by atoms with Crippen molar-refractivity contribution < 1.29 is 4.79 Å². The molecule has 6 nitrogen and oxygen atoms in total. The predicted octanol–water partition coefficient (Wildman–Crippen LogP) is 3.24. The first-order chi connectivity index (χ1) is 14.6. The number of likely N-dealkylation sites (tertiary alicyclic amines) is 2. The van der Waals surface area contributed by atoms with Crippen LogP contribution in [0.25, 0.3) is 0 Å². The van der Waals surface area contributed by atoms with Crippen LogP contribution in [0.3, 0.4) is 0 Å². The van der Waals surface area contributed by atoms with Gasteiger partial charge >= 0.3 is 0 Å². The highest BCUT2D eigenvalue weighted by Gasteiger charge is 2.27. The van der Waals surface area contributed by atoms with E-state index >= 15 is 0 Å². The molecule has 1 amide bonds. The molecule has 3 rings (SSSR count). The van der Waals surface area contributed by atoms with Crippen molar-refractivity contribution in [1.82, 2.24) is 20.0 Å². The SMILES string of the molecule is CN(C)C(=O)CN=C(NCCSc1ccccc1)N1CCC(CN2CCCCC2)C1.I. The van der Waals surface area contributed by atoms with Crippen molar-refractivity contribution in [3.63, 3.8) is 0 Å². The zero-order valence-corrected chi connectivity index (χ0v) is 22.1. The van der Waals surface area contributed by atoms with Crippen LogP contribution in [0.1, 0.15) is 25.7 Å². The van der Waals surface area contributed by atoms with E-state index in [-0.39, 0.29) is 36.4 Å². The van der Waals surface area contributed by atoms with E-state index in [2.05, 4.69) is 44.4 Å². The van der Waals surface area contributed by atoms with Crippen molar-refractivity contribution in [2.75, 3.05) is 65.7 Å². The Morgan fingerprint density at radius 1 is 1.16 bits per heavy atom. The summed E-state index contributed by atoms with van der Waals surface area (Å²) < 4.78 is 0. The third-order valence-electron chi connectivity index (χ3n) is 5.81. The number of amides is 1. The molecule has 2 heterocycles. The number of rotatable bonds is 8. The van der Waals surface area contributed by atoms with Crippen LogP contribution in [0, 0.1) is 5.92 Å².